The average Bonchev–Trinajstić information content (AvgIpc) is 2.91. The molecule has 4 nitrogen and oxygen atoms in total. The highest BCUT2D eigenvalue weighted by atomic mass is 16.6. The van der Waals surface area contributed by atoms with E-state index < -0.39 is 11.5 Å². The zero-order valence-corrected chi connectivity index (χ0v) is 13.7. The van der Waals surface area contributed by atoms with E-state index in [9.17, 15) is 9.59 Å². The van der Waals surface area contributed by atoms with Crippen LogP contribution < -0.4 is 0 Å². The van der Waals surface area contributed by atoms with E-state index in [0.29, 0.717) is 18.4 Å². The zero-order chi connectivity index (χ0) is 16.3. The summed E-state index contributed by atoms with van der Waals surface area (Å²) in [7, 11) is 1.39. The number of carbonyl (C=O) groups excluding carboxylic acids is 2. The van der Waals surface area contributed by atoms with Gasteiger partial charge in [0.2, 0.25) is 0 Å². The number of ether oxygens (including phenoxy) is 2. The SMILES string of the molecule is COC(=O)C1(C(C)C)CCCC1OC(=O)c1cccc(C)c1. The predicted octanol–water partition coefficient (Wildman–Crippen LogP) is 3.52. The molecular weight excluding hydrogens is 280 g/mol. The van der Waals surface area contributed by atoms with Gasteiger partial charge < -0.3 is 9.47 Å². The molecule has 0 amide bonds. The van der Waals surface area contributed by atoms with Crippen molar-refractivity contribution in [1.82, 2.24) is 0 Å². The Labute approximate surface area is 131 Å². The topological polar surface area (TPSA) is 52.6 Å². The van der Waals surface area contributed by atoms with Crippen LogP contribution in [-0.2, 0) is 14.3 Å². The molecule has 1 fully saturated rings. The number of hydrogen-bond acceptors (Lipinski definition) is 4. The number of hydrogen-bond donors (Lipinski definition) is 0. The Bertz CT molecular complexity index is 564. The molecule has 1 aromatic rings. The first-order valence-corrected chi connectivity index (χ1v) is 7.78. The summed E-state index contributed by atoms with van der Waals surface area (Å²) in [6, 6.07) is 7.29. The molecule has 1 aromatic carbocycles. The fraction of sp³-hybridized carbons (Fsp3) is 0.556. The third-order valence-electron chi connectivity index (χ3n) is 4.73. The summed E-state index contributed by atoms with van der Waals surface area (Å²) in [5, 5.41) is 0. The molecule has 1 aliphatic carbocycles. The van der Waals surface area contributed by atoms with Gasteiger partial charge >= 0.3 is 11.9 Å². The van der Waals surface area contributed by atoms with Gasteiger partial charge in [-0.2, -0.15) is 0 Å². The van der Waals surface area contributed by atoms with Crippen LogP contribution in [0.4, 0.5) is 0 Å². The summed E-state index contributed by atoms with van der Waals surface area (Å²) in [4.78, 5) is 24.7. The van der Waals surface area contributed by atoms with Crippen molar-refractivity contribution in [2.75, 3.05) is 7.11 Å². The first-order chi connectivity index (χ1) is 10.4. The maximum absolute atomic E-state index is 12.4. The Kier molecular flexibility index (Phi) is 4.89. The minimum Gasteiger partial charge on any atom is -0.468 e. The van der Waals surface area contributed by atoms with Crippen LogP contribution in [0.5, 0.6) is 0 Å². The normalized spacial score (nSPS) is 24.3. The molecule has 2 atom stereocenters. The van der Waals surface area contributed by atoms with Crippen molar-refractivity contribution in [2.24, 2.45) is 11.3 Å². The van der Waals surface area contributed by atoms with Crippen LogP contribution in [0.25, 0.3) is 0 Å². The summed E-state index contributed by atoms with van der Waals surface area (Å²) < 4.78 is 10.7. The summed E-state index contributed by atoms with van der Waals surface area (Å²) in [5.74, 6) is -0.593. The van der Waals surface area contributed by atoms with E-state index in [2.05, 4.69) is 0 Å². The highest BCUT2D eigenvalue weighted by molar-refractivity contribution is 5.90. The van der Waals surface area contributed by atoms with Gasteiger partial charge in [-0.1, -0.05) is 31.5 Å². The van der Waals surface area contributed by atoms with E-state index in [1.165, 1.54) is 7.11 Å². The lowest BCUT2D eigenvalue weighted by Crippen LogP contribution is -2.45. The molecule has 120 valence electrons. The van der Waals surface area contributed by atoms with Crippen LogP contribution in [0.3, 0.4) is 0 Å². The Hall–Kier alpha value is -1.84. The van der Waals surface area contributed by atoms with E-state index in [0.717, 1.165) is 12.0 Å². The maximum atomic E-state index is 12.4. The van der Waals surface area contributed by atoms with Gasteiger partial charge in [-0.05, 0) is 44.2 Å². The lowest BCUT2D eigenvalue weighted by atomic mass is 9.74. The van der Waals surface area contributed by atoms with Crippen molar-refractivity contribution < 1.29 is 19.1 Å². The standard InChI is InChI=1S/C18H24O4/c1-12(2)18(17(20)21-4)10-6-9-15(18)22-16(19)14-8-5-7-13(3)11-14/h5,7-8,11-12,15H,6,9-10H2,1-4H3. The zero-order valence-electron chi connectivity index (χ0n) is 13.7. The summed E-state index contributed by atoms with van der Waals surface area (Å²) in [5.41, 5.74) is 0.798. The maximum Gasteiger partial charge on any atom is 0.338 e. The quantitative estimate of drug-likeness (QED) is 0.799. The van der Waals surface area contributed by atoms with Gasteiger partial charge in [0.05, 0.1) is 12.7 Å². The van der Waals surface area contributed by atoms with Crippen molar-refractivity contribution in [3.8, 4) is 0 Å². The monoisotopic (exact) mass is 304 g/mol. The van der Waals surface area contributed by atoms with Crippen molar-refractivity contribution in [1.29, 1.82) is 0 Å². The molecule has 22 heavy (non-hydrogen) atoms. The van der Waals surface area contributed by atoms with Crippen molar-refractivity contribution in [2.45, 2.75) is 46.1 Å². The Morgan fingerprint density at radius 3 is 2.64 bits per heavy atom. The Morgan fingerprint density at radius 1 is 1.32 bits per heavy atom. The largest absolute Gasteiger partial charge is 0.468 e. The molecule has 0 heterocycles. The number of carbonyl (C=O) groups is 2. The molecule has 1 saturated carbocycles. The number of aryl methyl sites for hydroxylation is 1. The third kappa shape index (κ3) is 2.87. The number of esters is 2. The average molecular weight is 304 g/mol. The van der Waals surface area contributed by atoms with E-state index in [4.69, 9.17) is 9.47 Å². The van der Waals surface area contributed by atoms with Gasteiger partial charge in [0.25, 0.3) is 0 Å². The lowest BCUT2D eigenvalue weighted by Gasteiger charge is -2.35. The van der Waals surface area contributed by atoms with Crippen LogP contribution in [-0.4, -0.2) is 25.2 Å². The molecule has 0 bridgehead atoms. The van der Waals surface area contributed by atoms with E-state index in [1.54, 1.807) is 12.1 Å². The van der Waals surface area contributed by atoms with Crippen LogP contribution in [0.15, 0.2) is 24.3 Å². The Balaban J connectivity index is 2.23. The van der Waals surface area contributed by atoms with Gasteiger partial charge in [0, 0.05) is 0 Å². The summed E-state index contributed by atoms with van der Waals surface area (Å²) in [6.45, 7) is 5.89. The number of rotatable bonds is 4. The molecule has 1 aliphatic rings. The highest BCUT2D eigenvalue weighted by Gasteiger charge is 2.54. The fourth-order valence-electron chi connectivity index (χ4n) is 3.45. The van der Waals surface area contributed by atoms with Crippen LogP contribution in [0, 0.1) is 18.3 Å². The molecule has 0 saturated heterocycles. The molecule has 0 N–H and O–H groups in total. The lowest BCUT2D eigenvalue weighted by molar-refractivity contribution is -0.162. The second-order valence-corrected chi connectivity index (χ2v) is 6.34. The van der Waals surface area contributed by atoms with Gasteiger partial charge in [-0.15, -0.1) is 0 Å². The minimum absolute atomic E-state index is 0.0535. The first-order valence-electron chi connectivity index (χ1n) is 7.78. The molecule has 0 spiro atoms. The first kappa shape index (κ1) is 16.5. The fourth-order valence-corrected chi connectivity index (χ4v) is 3.45. The van der Waals surface area contributed by atoms with Crippen molar-refractivity contribution in [3.63, 3.8) is 0 Å². The molecule has 0 radical (unpaired) electrons. The molecule has 2 unspecified atom stereocenters. The van der Waals surface area contributed by atoms with Crippen LogP contribution >= 0.6 is 0 Å². The number of benzene rings is 1. The smallest absolute Gasteiger partial charge is 0.338 e. The van der Waals surface area contributed by atoms with Gasteiger partial charge in [0.15, 0.2) is 0 Å². The molecule has 4 heteroatoms. The predicted molar refractivity (Wildman–Crippen MR) is 83.5 cm³/mol. The van der Waals surface area contributed by atoms with Gasteiger partial charge in [-0.25, -0.2) is 4.79 Å². The van der Waals surface area contributed by atoms with E-state index >= 15 is 0 Å². The number of methoxy groups -OCH3 is 1. The highest BCUT2D eigenvalue weighted by Crippen LogP contribution is 2.47. The van der Waals surface area contributed by atoms with E-state index in [1.807, 2.05) is 32.9 Å². The van der Waals surface area contributed by atoms with Crippen molar-refractivity contribution in [3.05, 3.63) is 35.4 Å². The second kappa shape index (κ2) is 6.51. The van der Waals surface area contributed by atoms with Crippen LogP contribution in [0.2, 0.25) is 0 Å². The van der Waals surface area contributed by atoms with Gasteiger partial charge in [0.1, 0.15) is 11.5 Å². The van der Waals surface area contributed by atoms with Gasteiger partial charge in [-0.3, -0.25) is 4.79 Å². The second-order valence-electron chi connectivity index (χ2n) is 6.34. The molecular formula is C18H24O4. The minimum atomic E-state index is -0.728. The molecule has 2 rings (SSSR count). The third-order valence-corrected chi connectivity index (χ3v) is 4.73. The van der Waals surface area contributed by atoms with Crippen LogP contribution in [0.1, 0.15) is 49.0 Å². The molecule has 0 aliphatic heterocycles. The summed E-state index contributed by atoms with van der Waals surface area (Å²) >= 11 is 0. The Morgan fingerprint density at radius 2 is 2.05 bits per heavy atom. The molecule has 0 aromatic heterocycles. The van der Waals surface area contributed by atoms with Crippen molar-refractivity contribution >= 4 is 11.9 Å². The van der Waals surface area contributed by atoms with E-state index in [-0.39, 0.29) is 17.9 Å². The summed E-state index contributed by atoms with van der Waals surface area (Å²) in [6.07, 6.45) is 1.83.